The standard InChI is InChI=1S/C8H9N3O2/c1-2-12-6-4-3-5(9)7-8(6)11-13-10-7/h3-4H,2,9H2,1H3. The topological polar surface area (TPSA) is 74.2 Å². The van der Waals surface area contributed by atoms with E-state index in [-0.39, 0.29) is 0 Å². The van der Waals surface area contributed by atoms with Gasteiger partial charge in [-0.25, -0.2) is 4.63 Å². The molecule has 1 heterocycles. The van der Waals surface area contributed by atoms with Gasteiger partial charge < -0.3 is 10.5 Å². The van der Waals surface area contributed by atoms with Gasteiger partial charge in [-0.1, -0.05) is 0 Å². The van der Waals surface area contributed by atoms with Gasteiger partial charge in [0.25, 0.3) is 0 Å². The molecule has 5 nitrogen and oxygen atoms in total. The normalized spacial score (nSPS) is 10.5. The van der Waals surface area contributed by atoms with Gasteiger partial charge >= 0.3 is 0 Å². The maximum atomic E-state index is 5.65. The van der Waals surface area contributed by atoms with E-state index in [1.54, 1.807) is 12.1 Å². The van der Waals surface area contributed by atoms with Crippen LogP contribution in [0, 0.1) is 0 Å². The lowest BCUT2D eigenvalue weighted by Gasteiger charge is -2.02. The third kappa shape index (κ3) is 1.18. The summed E-state index contributed by atoms with van der Waals surface area (Å²) in [5.74, 6) is 0.646. The van der Waals surface area contributed by atoms with Crippen LogP contribution in [0.4, 0.5) is 5.69 Å². The summed E-state index contributed by atoms with van der Waals surface area (Å²) in [6.07, 6.45) is 0. The van der Waals surface area contributed by atoms with E-state index in [4.69, 9.17) is 10.5 Å². The van der Waals surface area contributed by atoms with E-state index in [0.717, 1.165) is 0 Å². The summed E-state index contributed by atoms with van der Waals surface area (Å²) >= 11 is 0. The second-order valence-electron chi connectivity index (χ2n) is 2.55. The first-order valence-corrected chi connectivity index (χ1v) is 3.96. The zero-order valence-corrected chi connectivity index (χ0v) is 7.15. The van der Waals surface area contributed by atoms with Crippen molar-refractivity contribution >= 4 is 16.7 Å². The number of ether oxygens (including phenoxy) is 1. The van der Waals surface area contributed by atoms with Gasteiger partial charge in [-0.2, -0.15) is 0 Å². The van der Waals surface area contributed by atoms with E-state index < -0.39 is 0 Å². The molecule has 0 amide bonds. The number of nitrogens with two attached hydrogens (primary N) is 1. The smallest absolute Gasteiger partial charge is 0.179 e. The van der Waals surface area contributed by atoms with Crippen LogP contribution in [0.1, 0.15) is 6.92 Å². The molecule has 1 aromatic carbocycles. The number of rotatable bonds is 2. The molecule has 0 aliphatic rings. The molecular weight excluding hydrogens is 170 g/mol. The average Bonchev–Trinajstić information content (AvgIpc) is 2.59. The van der Waals surface area contributed by atoms with Gasteiger partial charge in [0.2, 0.25) is 0 Å². The third-order valence-electron chi connectivity index (χ3n) is 1.71. The molecule has 2 rings (SSSR count). The summed E-state index contributed by atoms with van der Waals surface area (Å²) in [5, 5.41) is 7.38. The highest BCUT2D eigenvalue weighted by Crippen LogP contribution is 2.26. The zero-order chi connectivity index (χ0) is 9.26. The zero-order valence-electron chi connectivity index (χ0n) is 7.15. The molecule has 0 saturated heterocycles. The fourth-order valence-corrected chi connectivity index (χ4v) is 1.13. The van der Waals surface area contributed by atoms with Crippen LogP contribution < -0.4 is 10.5 Å². The number of nitrogens with zero attached hydrogens (tertiary/aromatic N) is 2. The summed E-state index contributed by atoms with van der Waals surface area (Å²) in [6, 6.07) is 3.48. The van der Waals surface area contributed by atoms with Crippen LogP contribution in [0.5, 0.6) is 5.75 Å². The van der Waals surface area contributed by atoms with Crippen LogP contribution in [0.2, 0.25) is 0 Å². The van der Waals surface area contributed by atoms with Gasteiger partial charge in [0.1, 0.15) is 0 Å². The predicted octanol–water partition coefficient (Wildman–Crippen LogP) is 1.20. The molecular formula is C8H9N3O2. The van der Waals surface area contributed by atoms with Crippen LogP contribution in [0.15, 0.2) is 16.8 Å². The van der Waals surface area contributed by atoms with E-state index in [1.165, 1.54) is 0 Å². The minimum Gasteiger partial charge on any atom is -0.491 e. The number of anilines is 1. The summed E-state index contributed by atoms with van der Waals surface area (Å²) in [6.45, 7) is 2.47. The van der Waals surface area contributed by atoms with Crippen molar-refractivity contribution in [3.63, 3.8) is 0 Å². The fraction of sp³-hybridized carbons (Fsp3) is 0.250. The summed E-state index contributed by atoms with van der Waals surface area (Å²) in [7, 11) is 0. The Hall–Kier alpha value is -1.78. The monoisotopic (exact) mass is 179 g/mol. The Labute approximate surface area is 74.4 Å². The molecule has 1 aromatic heterocycles. The average molecular weight is 179 g/mol. The van der Waals surface area contributed by atoms with E-state index in [9.17, 15) is 0 Å². The van der Waals surface area contributed by atoms with Crippen molar-refractivity contribution in [2.45, 2.75) is 6.92 Å². The van der Waals surface area contributed by atoms with Crippen molar-refractivity contribution in [1.82, 2.24) is 10.3 Å². The van der Waals surface area contributed by atoms with E-state index in [0.29, 0.717) is 29.1 Å². The van der Waals surface area contributed by atoms with Crippen molar-refractivity contribution in [3.8, 4) is 5.75 Å². The van der Waals surface area contributed by atoms with Gasteiger partial charge in [0.15, 0.2) is 16.8 Å². The van der Waals surface area contributed by atoms with Crippen molar-refractivity contribution in [1.29, 1.82) is 0 Å². The van der Waals surface area contributed by atoms with Gasteiger partial charge in [-0.05, 0) is 29.4 Å². The molecule has 0 spiro atoms. The Morgan fingerprint density at radius 1 is 1.38 bits per heavy atom. The lowest BCUT2D eigenvalue weighted by atomic mass is 10.2. The molecule has 68 valence electrons. The van der Waals surface area contributed by atoms with E-state index >= 15 is 0 Å². The number of fused-ring (bicyclic) bond motifs is 1. The van der Waals surface area contributed by atoms with Crippen molar-refractivity contribution in [2.24, 2.45) is 0 Å². The molecule has 2 aromatic rings. The van der Waals surface area contributed by atoms with Crippen LogP contribution in [0.3, 0.4) is 0 Å². The van der Waals surface area contributed by atoms with Crippen molar-refractivity contribution in [3.05, 3.63) is 12.1 Å². The number of nitrogen functional groups attached to an aromatic ring is 1. The fourth-order valence-electron chi connectivity index (χ4n) is 1.13. The Balaban J connectivity index is 2.64. The number of aromatic nitrogens is 2. The van der Waals surface area contributed by atoms with Crippen molar-refractivity contribution < 1.29 is 9.37 Å². The highest BCUT2D eigenvalue weighted by atomic mass is 16.6. The van der Waals surface area contributed by atoms with E-state index in [2.05, 4.69) is 14.9 Å². The number of hydrogen-bond donors (Lipinski definition) is 1. The summed E-state index contributed by atoms with van der Waals surface area (Å²) in [4.78, 5) is 0. The Kier molecular flexibility index (Phi) is 1.77. The maximum absolute atomic E-state index is 5.65. The van der Waals surface area contributed by atoms with Crippen molar-refractivity contribution in [2.75, 3.05) is 12.3 Å². The van der Waals surface area contributed by atoms with Gasteiger partial charge in [0, 0.05) is 0 Å². The van der Waals surface area contributed by atoms with Gasteiger partial charge in [-0.3, -0.25) is 0 Å². The minimum absolute atomic E-state index is 0.541. The lowest BCUT2D eigenvalue weighted by Crippen LogP contribution is -1.94. The van der Waals surface area contributed by atoms with Gasteiger partial charge in [-0.15, -0.1) is 0 Å². The molecule has 0 atom stereocenters. The van der Waals surface area contributed by atoms with Gasteiger partial charge in [0.05, 0.1) is 12.3 Å². The first kappa shape index (κ1) is 7.85. The molecule has 0 radical (unpaired) electrons. The lowest BCUT2D eigenvalue weighted by molar-refractivity contribution is 0.310. The molecule has 0 fully saturated rings. The molecule has 0 saturated carbocycles. The highest BCUT2D eigenvalue weighted by Gasteiger charge is 2.09. The second-order valence-corrected chi connectivity index (χ2v) is 2.55. The maximum Gasteiger partial charge on any atom is 0.179 e. The second kappa shape index (κ2) is 2.93. The number of hydrogen-bond acceptors (Lipinski definition) is 5. The van der Waals surface area contributed by atoms with Crippen LogP contribution in [-0.4, -0.2) is 16.9 Å². The molecule has 13 heavy (non-hydrogen) atoms. The Morgan fingerprint density at radius 3 is 2.92 bits per heavy atom. The highest BCUT2D eigenvalue weighted by molar-refractivity contribution is 5.90. The molecule has 0 aliphatic carbocycles. The van der Waals surface area contributed by atoms with E-state index in [1.807, 2.05) is 6.92 Å². The Morgan fingerprint density at radius 2 is 2.15 bits per heavy atom. The third-order valence-corrected chi connectivity index (χ3v) is 1.71. The van der Waals surface area contributed by atoms with Crippen LogP contribution >= 0.6 is 0 Å². The predicted molar refractivity (Wildman–Crippen MR) is 47.4 cm³/mol. The SMILES string of the molecule is CCOc1ccc(N)c2nonc12. The molecule has 0 aliphatic heterocycles. The summed E-state index contributed by atoms with van der Waals surface area (Å²) in [5.41, 5.74) is 7.31. The Bertz CT molecular complexity index is 424. The van der Waals surface area contributed by atoms with Crippen LogP contribution in [-0.2, 0) is 0 Å². The minimum atomic E-state index is 0.541. The first-order chi connectivity index (χ1) is 6.33. The first-order valence-electron chi connectivity index (χ1n) is 3.96. The molecule has 0 bridgehead atoms. The summed E-state index contributed by atoms with van der Waals surface area (Å²) < 4.78 is 9.89. The molecule has 0 unspecified atom stereocenters. The van der Waals surface area contributed by atoms with Crippen LogP contribution in [0.25, 0.3) is 11.0 Å². The quantitative estimate of drug-likeness (QED) is 0.701. The molecule has 2 N–H and O–H groups in total. The largest absolute Gasteiger partial charge is 0.491 e. The number of benzene rings is 1. The molecule has 5 heteroatoms.